The van der Waals surface area contributed by atoms with Gasteiger partial charge in [0.1, 0.15) is 17.9 Å². The van der Waals surface area contributed by atoms with Crippen LogP contribution in [0.4, 0.5) is 5.69 Å². The van der Waals surface area contributed by atoms with Crippen LogP contribution in [0.5, 0.6) is 0 Å². The largest absolute Gasteiger partial charge is 0.324 e. The highest BCUT2D eigenvalue weighted by Gasteiger charge is 2.48. The molecule has 156 valence electrons. The second kappa shape index (κ2) is 8.05. The van der Waals surface area contributed by atoms with Crippen LogP contribution in [0.25, 0.3) is 0 Å². The van der Waals surface area contributed by atoms with Crippen molar-refractivity contribution in [1.29, 1.82) is 0 Å². The summed E-state index contributed by atoms with van der Waals surface area (Å²) in [6.45, 7) is 6.04. The maximum Gasteiger partial charge on any atom is 0.275 e. The molecule has 2 aliphatic rings. The molecule has 1 N–H and O–H groups in total. The SMILES string of the molecule is Cc1ccc(C2=NC3(CCCCC3)N(CC(=O)Nc3ccc(C)cc3C)C2=O)cc1. The van der Waals surface area contributed by atoms with Crippen LogP contribution in [-0.4, -0.2) is 34.6 Å². The molecular weight excluding hydrogens is 374 g/mol. The molecule has 5 nitrogen and oxygen atoms in total. The van der Waals surface area contributed by atoms with Crippen molar-refractivity contribution >= 4 is 23.2 Å². The number of aryl methyl sites for hydroxylation is 3. The van der Waals surface area contributed by atoms with E-state index in [-0.39, 0.29) is 18.4 Å². The monoisotopic (exact) mass is 403 g/mol. The summed E-state index contributed by atoms with van der Waals surface area (Å²) in [5.41, 5.74) is 4.81. The lowest BCUT2D eigenvalue weighted by Crippen LogP contribution is -2.51. The van der Waals surface area contributed by atoms with Crippen LogP contribution in [0.1, 0.15) is 54.4 Å². The number of carbonyl (C=O) groups excluding carboxylic acids is 2. The lowest BCUT2D eigenvalue weighted by Gasteiger charge is -2.38. The van der Waals surface area contributed by atoms with E-state index in [0.717, 1.165) is 60.0 Å². The van der Waals surface area contributed by atoms with E-state index in [1.807, 2.05) is 63.2 Å². The molecule has 0 atom stereocenters. The van der Waals surface area contributed by atoms with Gasteiger partial charge in [-0.1, -0.05) is 53.9 Å². The third kappa shape index (κ3) is 3.89. The van der Waals surface area contributed by atoms with Crippen LogP contribution in [0.3, 0.4) is 0 Å². The minimum atomic E-state index is -0.588. The van der Waals surface area contributed by atoms with Crippen LogP contribution in [0, 0.1) is 20.8 Å². The van der Waals surface area contributed by atoms with Crippen LogP contribution in [0.15, 0.2) is 47.5 Å². The predicted octanol–water partition coefficient (Wildman–Crippen LogP) is 4.54. The summed E-state index contributed by atoms with van der Waals surface area (Å²) in [4.78, 5) is 32.9. The molecule has 4 rings (SSSR count). The average molecular weight is 404 g/mol. The Hall–Kier alpha value is -2.95. The molecule has 0 unspecified atom stereocenters. The van der Waals surface area contributed by atoms with Gasteiger partial charge in [-0.2, -0.15) is 0 Å². The van der Waals surface area contributed by atoms with Gasteiger partial charge in [0.05, 0.1) is 0 Å². The summed E-state index contributed by atoms with van der Waals surface area (Å²) in [7, 11) is 0. The summed E-state index contributed by atoms with van der Waals surface area (Å²) in [6, 6.07) is 13.8. The number of anilines is 1. The van der Waals surface area contributed by atoms with Crippen molar-refractivity contribution < 1.29 is 9.59 Å². The molecule has 0 bridgehead atoms. The zero-order chi connectivity index (χ0) is 21.3. The highest BCUT2D eigenvalue weighted by Crippen LogP contribution is 2.39. The summed E-state index contributed by atoms with van der Waals surface area (Å²) < 4.78 is 0. The van der Waals surface area contributed by atoms with Gasteiger partial charge in [-0.25, -0.2) is 0 Å². The molecule has 1 heterocycles. The van der Waals surface area contributed by atoms with Gasteiger partial charge < -0.3 is 10.2 Å². The molecule has 2 aromatic rings. The lowest BCUT2D eigenvalue weighted by molar-refractivity contribution is -0.134. The zero-order valence-corrected chi connectivity index (χ0v) is 18.0. The first-order valence-corrected chi connectivity index (χ1v) is 10.7. The van der Waals surface area contributed by atoms with E-state index in [1.54, 1.807) is 4.90 Å². The van der Waals surface area contributed by atoms with Gasteiger partial charge in [0, 0.05) is 11.3 Å². The number of rotatable bonds is 4. The highest BCUT2D eigenvalue weighted by molar-refractivity contribution is 6.47. The minimum absolute atomic E-state index is 0.0189. The van der Waals surface area contributed by atoms with Crippen molar-refractivity contribution in [2.45, 2.75) is 58.5 Å². The molecule has 2 amide bonds. The first-order chi connectivity index (χ1) is 14.4. The van der Waals surface area contributed by atoms with E-state index in [1.165, 1.54) is 0 Å². The number of benzene rings is 2. The summed E-state index contributed by atoms with van der Waals surface area (Å²) in [5.74, 6) is -0.322. The van der Waals surface area contributed by atoms with Crippen molar-refractivity contribution in [2.24, 2.45) is 4.99 Å². The summed E-state index contributed by atoms with van der Waals surface area (Å²) in [6.07, 6.45) is 4.81. The number of aliphatic imine (C=N–C) groups is 1. The Labute approximate surface area is 178 Å². The molecule has 1 spiro atoms. The highest BCUT2D eigenvalue weighted by atomic mass is 16.2. The van der Waals surface area contributed by atoms with E-state index in [9.17, 15) is 9.59 Å². The van der Waals surface area contributed by atoms with Gasteiger partial charge in [-0.3, -0.25) is 14.6 Å². The van der Waals surface area contributed by atoms with Gasteiger partial charge in [0.25, 0.3) is 5.91 Å². The Kier molecular flexibility index (Phi) is 5.46. The van der Waals surface area contributed by atoms with E-state index in [2.05, 4.69) is 5.32 Å². The Balaban J connectivity index is 1.58. The second-order valence-corrected chi connectivity index (χ2v) is 8.63. The van der Waals surface area contributed by atoms with Gasteiger partial charge >= 0.3 is 0 Å². The van der Waals surface area contributed by atoms with Crippen LogP contribution >= 0.6 is 0 Å². The Morgan fingerprint density at radius 2 is 1.67 bits per heavy atom. The third-order valence-corrected chi connectivity index (χ3v) is 6.21. The van der Waals surface area contributed by atoms with Crippen LogP contribution in [0.2, 0.25) is 0 Å². The van der Waals surface area contributed by atoms with Gasteiger partial charge in [0.2, 0.25) is 5.91 Å². The first kappa shape index (κ1) is 20.3. The molecule has 5 heteroatoms. The smallest absolute Gasteiger partial charge is 0.275 e. The normalized spacial score (nSPS) is 17.9. The predicted molar refractivity (Wildman–Crippen MR) is 120 cm³/mol. The number of amides is 2. The van der Waals surface area contributed by atoms with Crippen molar-refractivity contribution in [3.63, 3.8) is 0 Å². The molecule has 0 radical (unpaired) electrons. The first-order valence-electron chi connectivity index (χ1n) is 10.7. The fourth-order valence-electron chi connectivity index (χ4n) is 4.54. The molecule has 1 saturated carbocycles. The standard InChI is InChI=1S/C25H29N3O2/c1-17-7-10-20(11-8-17)23-24(30)28(25(27-23)13-5-4-6-14-25)16-22(29)26-21-12-9-18(2)15-19(21)3/h7-12,15H,4-6,13-14,16H2,1-3H3,(H,26,29). The lowest BCUT2D eigenvalue weighted by atomic mass is 9.88. The molecule has 1 aliphatic heterocycles. The van der Waals surface area contributed by atoms with Crippen molar-refractivity contribution in [3.8, 4) is 0 Å². The summed E-state index contributed by atoms with van der Waals surface area (Å²) in [5, 5.41) is 2.99. The Morgan fingerprint density at radius 3 is 2.33 bits per heavy atom. The van der Waals surface area contributed by atoms with Crippen LogP contribution in [-0.2, 0) is 9.59 Å². The minimum Gasteiger partial charge on any atom is -0.324 e. The Bertz CT molecular complexity index is 1000. The fraction of sp³-hybridized carbons (Fsp3) is 0.400. The van der Waals surface area contributed by atoms with E-state index < -0.39 is 5.66 Å². The van der Waals surface area contributed by atoms with E-state index in [0.29, 0.717) is 5.71 Å². The molecule has 30 heavy (non-hydrogen) atoms. The maximum atomic E-state index is 13.4. The van der Waals surface area contributed by atoms with Crippen molar-refractivity contribution in [2.75, 3.05) is 11.9 Å². The summed E-state index contributed by atoms with van der Waals surface area (Å²) >= 11 is 0. The quantitative estimate of drug-likeness (QED) is 0.814. The Morgan fingerprint density at radius 1 is 1.00 bits per heavy atom. The number of nitrogens with zero attached hydrogens (tertiary/aromatic N) is 2. The van der Waals surface area contributed by atoms with Crippen molar-refractivity contribution in [3.05, 3.63) is 64.7 Å². The van der Waals surface area contributed by atoms with Gasteiger partial charge in [0.15, 0.2) is 0 Å². The third-order valence-electron chi connectivity index (χ3n) is 6.21. The van der Waals surface area contributed by atoms with E-state index in [4.69, 9.17) is 4.99 Å². The number of hydrogen-bond donors (Lipinski definition) is 1. The number of carbonyl (C=O) groups is 2. The molecule has 0 saturated heterocycles. The van der Waals surface area contributed by atoms with Crippen LogP contribution < -0.4 is 5.32 Å². The topological polar surface area (TPSA) is 61.8 Å². The average Bonchev–Trinajstić information content (AvgIpc) is 2.97. The molecule has 2 aromatic carbocycles. The molecule has 1 aliphatic carbocycles. The maximum absolute atomic E-state index is 13.4. The number of nitrogens with one attached hydrogen (secondary N) is 1. The second-order valence-electron chi connectivity index (χ2n) is 8.63. The van der Waals surface area contributed by atoms with Gasteiger partial charge in [-0.15, -0.1) is 0 Å². The van der Waals surface area contributed by atoms with Gasteiger partial charge in [-0.05, 0) is 58.1 Å². The number of hydrogen-bond acceptors (Lipinski definition) is 3. The fourth-order valence-corrected chi connectivity index (χ4v) is 4.54. The molecule has 1 fully saturated rings. The van der Waals surface area contributed by atoms with Crippen molar-refractivity contribution in [1.82, 2.24) is 4.90 Å². The zero-order valence-electron chi connectivity index (χ0n) is 18.0. The molecule has 0 aromatic heterocycles. The van der Waals surface area contributed by atoms with E-state index >= 15 is 0 Å². The molecular formula is C25H29N3O2.